The largest absolute Gasteiger partial charge is 0.493 e. The predicted octanol–water partition coefficient (Wildman–Crippen LogP) is 3.12. The van der Waals surface area contributed by atoms with Crippen LogP contribution in [0.5, 0.6) is 11.5 Å². The van der Waals surface area contributed by atoms with Crippen molar-refractivity contribution in [2.75, 3.05) is 34.4 Å². The van der Waals surface area contributed by atoms with E-state index in [9.17, 15) is 5.11 Å². The third-order valence-electron chi connectivity index (χ3n) is 5.39. The molecule has 0 radical (unpaired) electrons. The van der Waals surface area contributed by atoms with Gasteiger partial charge in [-0.2, -0.15) is 0 Å². The summed E-state index contributed by atoms with van der Waals surface area (Å²) in [5, 5.41) is 14.4. The van der Waals surface area contributed by atoms with Gasteiger partial charge in [-0.1, -0.05) is 13.0 Å². The quantitative estimate of drug-likeness (QED) is 0.678. The molecule has 3 atom stereocenters. The average Bonchev–Trinajstić information content (AvgIpc) is 2.57. The van der Waals surface area contributed by atoms with Crippen molar-refractivity contribution in [3.05, 3.63) is 23.8 Å². The molecule has 1 saturated heterocycles. The Morgan fingerprint density at radius 1 is 1.19 bits per heavy atom. The lowest BCUT2D eigenvalue weighted by molar-refractivity contribution is -0.0831. The van der Waals surface area contributed by atoms with Crippen LogP contribution in [0.25, 0.3) is 0 Å². The Morgan fingerprint density at radius 3 is 2.46 bits per heavy atom. The molecule has 2 N–H and O–H groups in total. The van der Waals surface area contributed by atoms with Gasteiger partial charge in [0.2, 0.25) is 0 Å². The maximum atomic E-state index is 11.0. The Hall–Kier alpha value is -0.720. The van der Waals surface area contributed by atoms with Gasteiger partial charge < -0.3 is 24.8 Å². The van der Waals surface area contributed by atoms with Crippen LogP contribution in [0.4, 0.5) is 0 Å². The van der Waals surface area contributed by atoms with E-state index in [1.807, 2.05) is 18.2 Å². The van der Waals surface area contributed by atoms with E-state index in [1.54, 1.807) is 14.2 Å². The zero-order valence-corrected chi connectivity index (χ0v) is 18.1. The van der Waals surface area contributed by atoms with Crippen LogP contribution >= 0.6 is 24.8 Å². The van der Waals surface area contributed by atoms with E-state index in [0.717, 1.165) is 49.5 Å². The molecule has 1 aromatic rings. The fourth-order valence-electron chi connectivity index (χ4n) is 3.53. The van der Waals surface area contributed by atoms with Crippen LogP contribution in [-0.2, 0) is 6.54 Å². The molecule has 0 aromatic heterocycles. The minimum absolute atomic E-state index is 0. The fourth-order valence-corrected chi connectivity index (χ4v) is 3.53. The molecule has 7 heteroatoms. The highest BCUT2D eigenvalue weighted by atomic mass is 35.5. The maximum Gasteiger partial charge on any atom is 0.161 e. The van der Waals surface area contributed by atoms with Crippen LogP contribution in [0.3, 0.4) is 0 Å². The Morgan fingerprint density at radius 2 is 1.85 bits per heavy atom. The van der Waals surface area contributed by atoms with Gasteiger partial charge in [0.25, 0.3) is 0 Å². The number of hydrogen-bond acceptors (Lipinski definition) is 5. The molecule has 1 aliphatic heterocycles. The van der Waals surface area contributed by atoms with Crippen molar-refractivity contribution in [2.24, 2.45) is 5.92 Å². The van der Waals surface area contributed by atoms with Crippen molar-refractivity contribution >= 4 is 24.8 Å². The lowest BCUT2D eigenvalue weighted by Gasteiger charge is -2.46. The second-order valence-electron chi connectivity index (χ2n) is 7.11. The van der Waals surface area contributed by atoms with E-state index in [1.165, 1.54) is 0 Å². The van der Waals surface area contributed by atoms with Crippen molar-refractivity contribution < 1.29 is 14.6 Å². The zero-order chi connectivity index (χ0) is 17.7. The summed E-state index contributed by atoms with van der Waals surface area (Å²) >= 11 is 0. The monoisotopic (exact) mass is 408 g/mol. The van der Waals surface area contributed by atoms with E-state index in [4.69, 9.17) is 9.47 Å². The molecule has 5 nitrogen and oxygen atoms in total. The molecular weight excluding hydrogens is 375 g/mol. The smallest absolute Gasteiger partial charge is 0.161 e. The molecule has 0 amide bonds. The number of hydrogen-bond donors (Lipinski definition) is 2. The van der Waals surface area contributed by atoms with Crippen LogP contribution in [0.2, 0.25) is 0 Å². The minimum atomic E-state index is -0.573. The summed E-state index contributed by atoms with van der Waals surface area (Å²) < 4.78 is 10.6. The van der Waals surface area contributed by atoms with Gasteiger partial charge in [-0.25, -0.2) is 0 Å². The summed E-state index contributed by atoms with van der Waals surface area (Å²) in [7, 11) is 5.42. The Bertz CT molecular complexity index is 548. The number of methoxy groups -OCH3 is 2. The maximum absolute atomic E-state index is 11.0. The number of benzene rings is 1. The third kappa shape index (κ3) is 6.17. The molecule has 0 saturated carbocycles. The number of halogens is 2. The molecule has 1 fully saturated rings. The van der Waals surface area contributed by atoms with Crippen LogP contribution in [-0.4, -0.2) is 56.0 Å². The van der Waals surface area contributed by atoms with Crippen LogP contribution in [0, 0.1) is 5.92 Å². The van der Waals surface area contributed by atoms with Gasteiger partial charge in [0.15, 0.2) is 11.5 Å². The first kappa shape index (κ1) is 25.3. The summed E-state index contributed by atoms with van der Waals surface area (Å²) in [5.41, 5.74) is 0.570. The molecule has 26 heavy (non-hydrogen) atoms. The van der Waals surface area contributed by atoms with Crippen LogP contribution < -0.4 is 14.8 Å². The summed E-state index contributed by atoms with van der Waals surface area (Å²) in [6.45, 7) is 6.84. The fraction of sp³-hybridized carbons (Fsp3) is 0.684. The highest BCUT2D eigenvalue weighted by molar-refractivity contribution is 5.85. The average molecular weight is 409 g/mol. The summed E-state index contributed by atoms with van der Waals surface area (Å²) in [6, 6.07) is 6.37. The van der Waals surface area contributed by atoms with Crippen LogP contribution in [0.15, 0.2) is 18.2 Å². The molecule has 0 spiro atoms. The minimum Gasteiger partial charge on any atom is -0.493 e. The van der Waals surface area contributed by atoms with Crippen molar-refractivity contribution in [3.63, 3.8) is 0 Å². The lowest BCUT2D eigenvalue weighted by atomic mass is 9.77. The zero-order valence-electron chi connectivity index (χ0n) is 16.4. The van der Waals surface area contributed by atoms with Crippen molar-refractivity contribution in [2.45, 2.75) is 44.9 Å². The van der Waals surface area contributed by atoms with Crippen molar-refractivity contribution in [1.82, 2.24) is 10.2 Å². The Labute approximate surface area is 170 Å². The van der Waals surface area contributed by atoms with Gasteiger partial charge in [0.05, 0.1) is 19.8 Å². The molecular formula is C19H34Cl2N2O3. The molecule has 0 aliphatic carbocycles. The van der Waals surface area contributed by atoms with E-state index < -0.39 is 5.60 Å². The topological polar surface area (TPSA) is 54.0 Å². The summed E-state index contributed by atoms with van der Waals surface area (Å²) in [5.74, 6) is 1.78. The standard InChI is InChI=1S/C19H32N2O3.2ClH/c1-14-13-21(3)15(2)11-19(14,22)8-9-20-12-16-6-7-17(23-4)18(10-16)24-5;;/h6-7,10,14-15,20,22H,8-9,11-13H2,1-5H3;2*1H. The van der Waals surface area contributed by atoms with Crippen molar-refractivity contribution in [1.29, 1.82) is 0 Å². The molecule has 2 rings (SSSR count). The first-order valence-corrected chi connectivity index (χ1v) is 8.74. The predicted molar refractivity (Wildman–Crippen MR) is 111 cm³/mol. The Kier molecular flexibility index (Phi) is 10.9. The normalized spacial score (nSPS) is 25.8. The number of rotatable bonds is 7. The summed E-state index contributed by atoms with van der Waals surface area (Å²) in [6.07, 6.45) is 1.61. The van der Waals surface area contributed by atoms with Gasteiger partial charge in [-0.3, -0.25) is 0 Å². The second kappa shape index (κ2) is 11.2. The number of ether oxygens (including phenoxy) is 2. The third-order valence-corrected chi connectivity index (χ3v) is 5.39. The molecule has 0 bridgehead atoms. The highest BCUT2D eigenvalue weighted by Gasteiger charge is 2.40. The SMILES string of the molecule is COc1ccc(CNCCC2(O)CC(C)N(C)CC2C)cc1OC.Cl.Cl. The first-order valence-electron chi connectivity index (χ1n) is 8.74. The number of nitrogens with zero attached hydrogens (tertiary/aromatic N) is 1. The van der Waals surface area contributed by atoms with Gasteiger partial charge in [0, 0.05) is 19.1 Å². The second-order valence-corrected chi connectivity index (χ2v) is 7.11. The number of likely N-dealkylation sites (tertiary alicyclic amines) is 1. The van der Waals surface area contributed by atoms with E-state index >= 15 is 0 Å². The molecule has 3 unspecified atom stereocenters. The van der Waals surface area contributed by atoms with Crippen molar-refractivity contribution in [3.8, 4) is 11.5 Å². The van der Waals surface area contributed by atoms with E-state index in [0.29, 0.717) is 12.0 Å². The molecule has 152 valence electrons. The highest BCUT2D eigenvalue weighted by Crippen LogP contribution is 2.33. The van der Waals surface area contributed by atoms with Crippen LogP contribution in [0.1, 0.15) is 32.3 Å². The van der Waals surface area contributed by atoms with Gasteiger partial charge in [0.1, 0.15) is 0 Å². The van der Waals surface area contributed by atoms with E-state index in [-0.39, 0.29) is 24.8 Å². The number of nitrogens with one attached hydrogen (secondary N) is 1. The molecule has 1 heterocycles. The van der Waals surface area contributed by atoms with Gasteiger partial charge in [-0.05, 0) is 57.0 Å². The summed E-state index contributed by atoms with van der Waals surface area (Å²) in [4.78, 5) is 2.33. The first-order chi connectivity index (χ1) is 11.4. The lowest BCUT2D eigenvalue weighted by Crippen LogP contribution is -2.54. The van der Waals surface area contributed by atoms with Gasteiger partial charge in [-0.15, -0.1) is 24.8 Å². The number of piperidine rings is 1. The number of aliphatic hydroxyl groups is 1. The molecule has 1 aromatic carbocycles. The molecule has 1 aliphatic rings. The Balaban J connectivity index is 0.00000312. The van der Waals surface area contributed by atoms with Gasteiger partial charge >= 0.3 is 0 Å². The van der Waals surface area contributed by atoms with E-state index in [2.05, 4.69) is 31.1 Å².